The minimum Gasteiger partial charge on any atom is -0.504 e. The van der Waals surface area contributed by atoms with E-state index in [-0.39, 0.29) is 11.4 Å². The summed E-state index contributed by atoms with van der Waals surface area (Å²) in [6, 6.07) is 3.05. The molecule has 0 unspecified atom stereocenters. The van der Waals surface area contributed by atoms with Gasteiger partial charge in [0.1, 0.15) is 0 Å². The van der Waals surface area contributed by atoms with Gasteiger partial charge in [0.25, 0.3) is 5.69 Å². The number of nitro benzene ring substituents is 1. The Hall–Kier alpha value is -2.04. The Balaban J connectivity index is 0.000000202. The van der Waals surface area contributed by atoms with Gasteiger partial charge in [-0.15, -0.1) is 0 Å². The largest absolute Gasteiger partial charge is 0.504 e. The van der Waals surface area contributed by atoms with Crippen LogP contribution in [0.4, 0.5) is 5.69 Å². The van der Waals surface area contributed by atoms with Gasteiger partial charge in [-0.1, -0.05) is 12.2 Å². The molecule has 0 atom stereocenters. The highest BCUT2D eigenvalue weighted by molar-refractivity contribution is 5.46. The van der Waals surface area contributed by atoms with Crippen molar-refractivity contribution in [3.63, 3.8) is 0 Å². The van der Waals surface area contributed by atoms with E-state index in [0.29, 0.717) is 0 Å². The van der Waals surface area contributed by atoms with Crippen molar-refractivity contribution in [2.24, 2.45) is 0 Å². The molecule has 5 nitrogen and oxygen atoms in total. The third-order valence-electron chi connectivity index (χ3n) is 2.33. The molecule has 1 aliphatic carbocycles. The lowest BCUT2D eigenvalue weighted by Gasteiger charge is -1.97. The number of nitrogens with zero attached hydrogens (tertiary/aromatic N) is 1. The maximum atomic E-state index is 10.1. The molecule has 0 bridgehead atoms. The molecule has 2 rings (SSSR count). The van der Waals surface area contributed by atoms with Crippen molar-refractivity contribution in [1.29, 1.82) is 0 Å². The fourth-order valence-electron chi connectivity index (χ4n) is 1.39. The highest BCUT2D eigenvalue weighted by atomic mass is 16.6. The van der Waals surface area contributed by atoms with E-state index in [1.165, 1.54) is 25.7 Å². The summed E-state index contributed by atoms with van der Waals surface area (Å²) in [7, 11) is 0. The molecule has 1 aromatic rings. The molecule has 0 saturated heterocycles. The maximum absolute atomic E-state index is 10.1. The minimum atomic E-state index is -0.654. The highest BCUT2D eigenvalue weighted by Crippen LogP contribution is 2.28. The first-order valence-electron chi connectivity index (χ1n) is 5.42. The van der Waals surface area contributed by atoms with Crippen LogP contribution in [0.2, 0.25) is 0 Å². The molecule has 0 spiro atoms. The van der Waals surface area contributed by atoms with Crippen molar-refractivity contribution in [3.8, 4) is 11.5 Å². The summed E-state index contributed by atoms with van der Waals surface area (Å²) < 4.78 is 0. The van der Waals surface area contributed by atoms with Crippen LogP contribution in [0.3, 0.4) is 0 Å². The van der Waals surface area contributed by atoms with Crippen LogP contribution in [0.15, 0.2) is 30.4 Å². The van der Waals surface area contributed by atoms with E-state index in [1.807, 2.05) is 0 Å². The summed E-state index contributed by atoms with van der Waals surface area (Å²) in [6.07, 6.45) is 10.0. The van der Waals surface area contributed by atoms with E-state index >= 15 is 0 Å². The smallest absolute Gasteiger partial charge is 0.273 e. The zero-order valence-corrected chi connectivity index (χ0v) is 9.37. The number of non-ortho nitro benzene ring substituents is 1. The Morgan fingerprint density at radius 2 is 1.65 bits per heavy atom. The van der Waals surface area contributed by atoms with Crippen LogP contribution in [0.1, 0.15) is 25.7 Å². The molecular formula is C12H15NO4. The number of rotatable bonds is 1. The van der Waals surface area contributed by atoms with Crippen LogP contribution in [-0.2, 0) is 0 Å². The standard InChI is InChI=1S/C6H5NO4.C6H10/c8-5-2-1-4(7(10)11)3-6(5)9;1-2-4-6-5-3-1/h1-3,8-9H;1-2H,3-6H2. The number of benzene rings is 1. The molecule has 17 heavy (non-hydrogen) atoms. The highest BCUT2D eigenvalue weighted by Gasteiger charge is 2.07. The van der Waals surface area contributed by atoms with Gasteiger partial charge in [-0.25, -0.2) is 0 Å². The van der Waals surface area contributed by atoms with Crippen LogP contribution < -0.4 is 0 Å². The van der Waals surface area contributed by atoms with E-state index in [1.54, 1.807) is 0 Å². The molecule has 0 heterocycles. The summed E-state index contributed by atoms with van der Waals surface area (Å²) in [6.45, 7) is 0. The molecule has 0 fully saturated rings. The quantitative estimate of drug-likeness (QED) is 0.340. The normalized spacial score (nSPS) is 13.6. The summed E-state index contributed by atoms with van der Waals surface area (Å²) in [4.78, 5) is 9.42. The second-order valence-electron chi connectivity index (χ2n) is 3.69. The number of phenolic OH excluding ortho intramolecular Hbond substituents is 2. The minimum absolute atomic E-state index is 0.250. The Morgan fingerprint density at radius 3 is 2.00 bits per heavy atom. The van der Waals surface area contributed by atoms with Crippen molar-refractivity contribution in [2.45, 2.75) is 25.7 Å². The van der Waals surface area contributed by atoms with E-state index in [2.05, 4.69) is 12.2 Å². The van der Waals surface area contributed by atoms with Crippen molar-refractivity contribution < 1.29 is 15.1 Å². The van der Waals surface area contributed by atoms with Gasteiger partial charge in [0.2, 0.25) is 0 Å². The summed E-state index contributed by atoms with van der Waals surface area (Å²) in [5, 5.41) is 27.6. The number of aromatic hydroxyl groups is 2. The number of phenols is 2. The van der Waals surface area contributed by atoms with Crippen LogP contribution in [0.5, 0.6) is 11.5 Å². The monoisotopic (exact) mass is 237 g/mol. The van der Waals surface area contributed by atoms with Crippen LogP contribution in [0.25, 0.3) is 0 Å². The molecule has 0 aliphatic heterocycles. The summed E-state index contributed by atoms with van der Waals surface area (Å²) >= 11 is 0. The molecule has 5 heteroatoms. The Morgan fingerprint density at radius 1 is 1.06 bits per heavy atom. The molecule has 92 valence electrons. The second kappa shape index (κ2) is 6.52. The molecule has 0 saturated carbocycles. The Labute approximate surface area is 99.2 Å². The fraction of sp³-hybridized carbons (Fsp3) is 0.333. The first kappa shape index (κ1) is 13.0. The van der Waals surface area contributed by atoms with Crippen molar-refractivity contribution in [3.05, 3.63) is 40.5 Å². The number of allylic oxidation sites excluding steroid dienone is 2. The van der Waals surface area contributed by atoms with Crippen LogP contribution in [-0.4, -0.2) is 15.1 Å². The Kier molecular flexibility index (Phi) is 5.00. The molecule has 2 N–H and O–H groups in total. The Bertz CT molecular complexity index is 407. The number of hydrogen-bond acceptors (Lipinski definition) is 4. The molecule has 0 amide bonds. The van der Waals surface area contributed by atoms with Gasteiger partial charge in [0.15, 0.2) is 11.5 Å². The fourth-order valence-corrected chi connectivity index (χ4v) is 1.39. The predicted molar refractivity (Wildman–Crippen MR) is 64.0 cm³/mol. The van der Waals surface area contributed by atoms with Gasteiger partial charge in [0.05, 0.1) is 11.0 Å². The lowest BCUT2D eigenvalue weighted by atomic mass is 10.1. The lowest BCUT2D eigenvalue weighted by Crippen LogP contribution is -1.86. The lowest BCUT2D eigenvalue weighted by molar-refractivity contribution is -0.385. The van der Waals surface area contributed by atoms with E-state index < -0.39 is 10.7 Å². The van der Waals surface area contributed by atoms with Gasteiger partial charge in [-0.3, -0.25) is 10.1 Å². The predicted octanol–water partition coefficient (Wildman–Crippen LogP) is 3.12. The summed E-state index contributed by atoms with van der Waals surface area (Å²) in [5.74, 6) is -0.852. The molecule has 0 aromatic heterocycles. The van der Waals surface area contributed by atoms with Gasteiger partial charge < -0.3 is 10.2 Å². The third-order valence-corrected chi connectivity index (χ3v) is 2.33. The molecule has 1 aliphatic rings. The third kappa shape index (κ3) is 4.55. The maximum Gasteiger partial charge on any atom is 0.273 e. The summed E-state index contributed by atoms with van der Waals surface area (Å²) in [5.41, 5.74) is -0.250. The number of hydrogen-bond donors (Lipinski definition) is 2. The average molecular weight is 237 g/mol. The van der Waals surface area contributed by atoms with Gasteiger partial charge >= 0.3 is 0 Å². The van der Waals surface area contributed by atoms with Crippen molar-refractivity contribution in [2.75, 3.05) is 0 Å². The van der Waals surface area contributed by atoms with Crippen LogP contribution in [0, 0.1) is 10.1 Å². The van der Waals surface area contributed by atoms with Crippen molar-refractivity contribution in [1.82, 2.24) is 0 Å². The van der Waals surface area contributed by atoms with Crippen LogP contribution >= 0.6 is 0 Å². The number of nitro groups is 1. The first-order valence-corrected chi connectivity index (χ1v) is 5.42. The van der Waals surface area contributed by atoms with Gasteiger partial charge in [-0.2, -0.15) is 0 Å². The van der Waals surface area contributed by atoms with Crippen molar-refractivity contribution >= 4 is 5.69 Å². The SMILES string of the molecule is C1=CCCCC1.O=[N+]([O-])c1ccc(O)c(O)c1. The second-order valence-corrected chi connectivity index (χ2v) is 3.69. The van der Waals surface area contributed by atoms with E-state index in [9.17, 15) is 10.1 Å². The zero-order valence-electron chi connectivity index (χ0n) is 9.37. The van der Waals surface area contributed by atoms with E-state index in [4.69, 9.17) is 10.2 Å². The van der Waals surface area contributed by atoms with E-state index in [0.717, 1.165) is 18.2 Å². The zero-order chi connectivity index (χ0) is 12.7. The van der Waals surface area contributed by atoms with Gasteiger partial charge in [-0.05, 0) is 31.7 Å². The topological polar surface area (TPSA) is 83.6 Å². The molecular weight excluding hydrogens is 222 g/mol. The average Bonchev–Trinajstić information content (AvgIpc) is 2.35. The molecule has 1 aromatic carbocycles. The van der Waals surface area contributed by atoms with Gasteiger partial charge in [0, 0.05) is 6.07 Å². The first-order chi connectivity index (χ1) is 8.11. The molecule has 0 radical (unpaired) electrons.